The molecule has 0 atom stereocenters. The summed E-state index contributed by atoms with van der Waals surface area (Å²) in [4.78, 5) is 24.4. The Morgan fingerprint density at radius 3 is 2.24 bits per heavy atom. The van der Waals surface area contributed by atoms with E-state index in [9.17, 15) is 9.59 Å². The van der Waals surface area contributed by atoms with Crippen LogP contribution in [0.25, 0.3) is 0 Å². The van der Waals surface area contributed by atoms with Crippen molar-refractivity contribution in [2.24, 2.45) is 0 Å². The van der Waals surface area contributed by atoms with Crippen LogP contribution < -0.4 is 10.2 Å². The van der Waals surface area contributed by atoms with Gasteiger partial charge in [0.1, 0.15) is 0 Å². The van der Waals surface area contributed by atoms with Crippen LogP contribution in [0.5, 0.6) is 0 Å². The third kappa shape index (κ3) is 6.79. The van der Waals surface area contributed by atoms with Gasteiger partial charge >= 0.3 is 5.97 Å². The molecule has 21 heavy (non-hydrogen) atoms. The normalized spacial score (nSPS) is 10.5. The van der Waals surface area contributed by atoms with Gasteiger partial charge in [-0.25, -0.2) is 0 Å². The maximum atomic E-state index is 11.7. The number of benzene rings is 1. The van der Waals surface area contributed by atoms with Gasteiger partial charge < -0.3 is 15.3 Å². The molecule has 0 saturated carbocycles. The zero-order valence-corrected chi connectivity index (χ0v) is 12.9. The van der Waals surface area contributed by atoms with Gasteiger partial charge in [-0.15, -0.1) is 0 Å². The molecule has 2 N–H and O–H groups in total. The lowest BCUT2D eigenvalue weighted by atomic mass is 10.2. The average molecular weight is 292 g/mol. The van der Waals surface area contributed by atoms with Crippen molar-refractivity contribution >= 4 is 17.6 Å². The fraction of sp³-hybridized carbons (Fsp3) is 0.500. The highest BCUT2D eigenvalue weighted by molar-refractivity contribution is 5.77. The van der Waals surface area contributed by atoms with Crippen molar-refractivity contribution in [2.45, 2.75) is 39.7 Å². The number of aryl methyl sites for hydroxylation is 1. The van der Waals surface area contributed by atoms with E-state index in [-0.39, 0.29) is 18.4 Å². The number of carboxylic acids is 1. The lowest BCUT2D eigenvalue weighted by Crippen LogP contribution is -2.35. The van der Waals surface area contributed by atoms with Crippen LogP contribution >= 0.6 is 0 Å². The molecule has 0 aliphatic rings. The number of aliphatic carboxylic acids is 1. The molecule has 0 fully saturated rings. The van der Waals surface area contributed by atoms with E-state index in [1.165, 1.54) is 0 Å². The van der Waals surface area contributed by atoms with Crippen LogP contribution in [0.15, 0.2) is 24.3 Å². The van der Waals surface area contributed by atoms with Gasteiger partial charge in [0.05, 0.1) is 6.42 Å². The number of carbonyl (C=O) groups is 2. The molecule has 5 heteroatoms. The van der Waals surface area contributed by atoms with Gasteiger partial charge in [-0.1, -0.05) is 17.7 Å². The lowest BCUT2D eigenvalue weighted by molar-refractivity contribution is -0.136. The van der Waals surface area contributed by atoms with Crippen LogP contribution in [0.3, 0.4) is 0 Å². The van der Waals surface area contributed by atoms with Crippen molar-refractivity contribution in [3.8, 4) is 0 Å². The number of anilines is 1. The van der Waals surface area contributed by atoms with Crippen LogP contribution in [0.1, 0.15) is 32.3 Å². The highest BCUT2D eigenvalue weighted by atomic mass is 16.4. The molecule has 0 bridgehead atoms. The van der Waals surface area contributed by atoms with Crippen molar-refractivity contribution in [1.29, 1.82) is 0 Å². The summed E-state index contributed by atoms with van der Waals surface area (Å²) in [7, 11) is 0. The van der Waals surface area contributed by atoms with Gasteiger partial charge in [0, 0.05) is 31.2 Å². The number of amides is 1. The Kier molecular flexibility index (Phi) is 6.72. The van der Waals surface area contributed by atoms with E-state index in [1.807, 2.05) is 49.9 Å². The molecular formula is C16H24N2O3. The zero-order chi connectivity index (χ0) is 15.8. The molecule has 1 aromatic rings. The van der Waals surface area contributed by atoms with Gasteiger partial charge in [-0.3, -0.25) is 9.59 Å². The third-order valence-corrected chi connectivity index (χ3v) is 3.05. The van der Waals surface area contributed by atoms with Crippen molar-refractivity contribution in [1.82, 2.24) is 5.32 Å². The first-order valence-corrected chi connectivity index (χ1v) is 7.21. The molecule has 0 spiro atoms. The van der Waals surface area contributed by atoms with Crippen molar-refractivity contribution in [3.63, 3.8) is 0 Å². The average Bonchev–Trinajstić information content (AvgIpc) is 2.39. The first-order chi connectivity index (χ1) is 9.88. The second kappa shape index (κ2) is 8.29. The van der Waals surface area contributed by atoms with Gasteiger partial charge in [0.15, 0.2) is 0 Å². The Labute approximate surface area is 126 Å². The smallest absolute Gasteiger partial charge is 0.305 e. The standard InChI is InChI=1S/C16H24N2O3/c1-12(2)17-15(19)8-10-18(11-9-16(20)21)14-6-4-13(3)5-7-14/h4-7,12H,8-11H2,1-3H3,(H,17,19)(H,20,21). The summed E-state index contributed by atoms with van der Waals surface area (Å²) >= 11 is 0. The molecular weight excluding hydrogens is 268 g/mol. The second-order valence-corrected chi connectivity index (χ2v) is 5.44. The maximum absolute atomic E-state index is 11.7. The summed E-state index contributed by atoms with van der Waals surface area (Å²) < 4.78 is 0. The molecule has 0 aromatic heterocycles. The van der Waals surface area contributed by atoms with Gasteiger partial charge in [-0.2, -0.15) is 0 Å². The van der Waals surface area contributed by atoms with Crippen LogP contribution in [0, 0.1) is 6.92 Å². The second-order valence-electron chi connectivity index (χ2n) is 5.44. The van der Waals surface area contributed by atoms with Crippen molar-refractivity contribution in [2.75, 3.05) is 18.0 Å². The van der Waals surface area contributed by atoms with Crippen LogP contribution in [-0.2, 0) is 9.59 Å². The van der Waals surface area contributed by atoms with Crippen molar-refractivity contribution in [3.05, 3.63) is 29.8 Å². The lowest BCUT2D eigenvalue weighted by Gasteiger charge is -2.24. The molecule has 1 amide bonds. The van der Waals surface area contributed by atoms with E-state index >= 15 is 0 Å². The van der Waals surface area contributed by atoms with Crippen LogP contribution in [0.4, 0.5) is 5.69 Å². The first kappa shape index (κ1) is 17.0. The topological polar surface area (TPSA) is 69.6 Å². The molecule has 0 aliphatic carbocycles. The van der Waals surface area contributed by atoms with E-state index in [0.29, 0.717) is 19.5 Å². The molecule has 0 radical (unpaired) electrons. The fourth-order valence-corrected chi connectivity index (χ4v) is 1.99. The van der Waals surface area contributed by atoms with Crippen LogP contribution in [0.2, 0.25) is 0 Å². The number of hydrogen-bond acceptors (Lipinski definition) is 3. The third-order valence-electron chi connectivity index (χ3n) is 3.05. The summed E-state index contributed by atoms with van der Waals surface area (Å²) in [5.74, 6) is -0.851. The minimum Gasteiger partial charge on any atom is -0.481 e. The first-order valence-electron chi connectivity index (χ1n) is 7.21. The predicted octanol–water partition coefficient (Wildman–Crippen LogP) is 2.19. The van der Waals surface area contributed by atoms with Crippen LogP contribution in [-0.4, -0.2) is 36.1 Å². The highest BCUT2D eigenvalue weighted by Gasteiger charge is 2.11. The number of nitrogens with one attached hydrogen (secondary N) is 1. The quantitative estimate of drug-likeness (QED) is 0.770. The van der Waals surface area contributed by atoms with E-state index in [0.717, 1.165) is 11.3 Å². The summed E-state index contributed by atoms with van der Waals surface area (Å²) in [6.45, 7) is 6.74. The Morgan fingerprint density at radius 2 is 1.71 bits per heavy atom. The number of carbonyl (C=O) groups excluding carboxylic acids is 1. The number of carboxylic acid groups (broad SMARTS) is 1. The molecule has 116 valence electrons. The number of hydrogen-bond donors (Lipinski definition) is 2. The molecule has 5 nitrogen and oxygen atoms in total. The molecule has 0 saturated heterocycles. The Balaban J connectivity index is 2.66. The summed E-state index contributed by atoms with van der Waals surface area (Å²) in [6.07, 6.45) is 0.408. The zero-order valence-electron chi connectivity index (χ0n) is 12.9. The maximum Gasteiger partial charge on any atom is 0.305 e. The Bertz CT molecular complexity index is 469. The number of nitrogens with zero attached hydrogens (tertiary/aromatic N) is 1. The SMILES string of the molecule is Cc1ccc(N(CCC(=O)O)CCC(=O)NC(C)C)cc1. The van der Waals surface area contributed by atoms with Gasteiger partial charge in [0.2, 0.25) is 5.91 Å². The minimum absolute atomic E-state index is 0.0163. The summed E-state index contributed by atoms with van der Waals surface area (Å²) in [5.41, 5.74) is 2.09. The molecule has 0 aliphatic heterocycles. The minimum atomic E-state index is -0.834. The molecule has 1 rings (SSSR count). The fourth-order valence-electron chi connectivity index (χ4n) is 1.99. The van der Waals surface area contributed by atoms with E-state index < -0.39 is 5.97 Å². The Morgan fingerprint density at radius 1 is 1.14 bits per heavy atom. The van der Waals surface area contributed by atoms with E-state index in [2.05, 4.69) is 5.32 Å². The predicted molar refractivity (Wildman–Crippen MR) is 83.5 cm³/mol. The Hall–Kier alpha value is -2.04. The monoisotopic (exact) mass is 292 g/mol. The largest absolute Gasteiger partial charge is 0.481 e. The molecule has 0 heterocycles. The van der Waals surface area contributed by atoms with Crippen molar-refractivity contribution < 1.29 is 14.7 Å². The highest BCUT2D eigenvalue weighted by Crippen LogP contribution is 2.16. The molecule has 0 unspecified atom stereocenters. The molecule has 1 aromatic carbocycles. The van der Waals surface area contributed by atoms with Gasteiger partial charge in [-0.05, 0) is 32.9 Å². The van der Waals surface area contributed by atoms with E-state index in [4.69, 9.17) is 5.11 Å². The summed E-state index contributed by atoms with van der Waals surface area (Å²) in [6, 6.07) is 7.99. The van der Waals surface area contributed by atoms with E-state index in [1.54, 1.807) is 0 Å². The number of rotatable bonds is 8. The summed E-state index contributed by atoms with van der Waals surface area (Å²) in [5, 5.41) is 11.7. The van der Waals surface area contributed by atoms with Gasteiger partial charge in [0.25, 0.3) is 0 Å².